The van der Waals surface area contributed by atoms with Crippen LogP contribution in [0, 0.1) is 5.92 Å². The summed E-state index contributed by atoms with van der Waals surface area (Å²) in [4.78, 5) is 3.37. The van der Waals surface area contributed by atoms with Gasteiger partial charge in [-0.1, -0.05) is 63.2 Å². The summed E-state index contributed by atoms with van der Waals surface area (Å²) in [6, 6.07) is 17.3. The molecule has 26 heavy (non-hydrogen) atoms. The third-order valence-electron chi connectivity index (χ3n) is 5.96. The maximum absolute atomic E-state index is 10.5. The average Bonchev–Trinajstić information content (AvgIpc) is 3.04. The van der Waals surface area contributed by atoms with Crippen molar-refractivity contribution in [1.82, 2.24) is 4.98 Å². The predicted octanol–water partition coefficient (Wildman–Crippen LogP) is 5.85. The molecule has 2 N–H and O–H groups in total. The van der Waals surface area contributed by atoms with Crippen molar-refractivity contribution in [1.29, 1.82) is 0 Å². The first-order chi connectivity index (χ1) is 12.4. The molecule has 0 amide bonds. The lowest BCUT2D eigenvalue weighted by molar-refractivity contribution is 0.0323. The van der Waals surface area contributed by atoms with Gasteiger partial charge in [0, 0.05) is 23.0 Å². The van der Waals surface area contributed by atoms with Crippen molar-refractivity contribution in [3.05, 3.63) is 71.4 Å². The summed E-state index contributed by atoms with van der Waals surface area (Å²) < 4.78 is 0. The van der Waals surface area contributed by atoms with Crippen LogP contribution in [0.3, 0.4) is 0 Å². The fourth-order valence-corrected chi connectivity index (χ4v) is 3.76. The molecule has 138 valence electrons. The molecule has 3 aromatic rings. The molecule has 1 heterocycles. The van der Waals surface area contributed by atoms with Gasteiger partial charge in [0.1, 0.15) is 0 Å². The summed E-state index contributed by atoms with van der Waals surface area (Å²) in [7, 11) is 0. The van der Waals surface area contributed by atoms with Gasteiger partial charge in [-0.2, -0.15) is 0 Å². The minimum absolute atomic E-state index is 0.144. The lowest BCUT2D eigenvalue weighted by atomic mass is 9.82. The number of para-hydroxylation sites is 1. The number of rotatable bonds is 7. The number of hydrogen-bond acceptors (Lipinski definition) is 1. The van der Waals surface area contributed by atoms with Crippen molar-refractivity contribution >= 4 is 10.9 Å². The van der Waals surface area contributed by atoms with Gasteiger partial charge in [0.15, 0.2) is 0 Å². The molecular formula is C24H31NO. The van der Waals surface area contributed by atoms with Crippen LogP contribution in [0.1, 0.15) is 56.7 Å². The Hall–Kier alpha value is -2.06. The predicted molar refractivity (Wildman–Crippen MR) is 111 cm³/mol. The number of hydrogen-bond donors (Lipinski definition) is 2. The highest BCUT2D eigenvalue weighted by Crippen LogP contribution is 2.31. The molecule has 3 atom stereocenters. The minimum Gasteiger partial charge on any atom is -0.390 e. The Morgan fingerprint density at radius 3 is 2.38 bits per heavy atom. The van der Waals surface area contributed by atoms with Gasteiger partial charge in [-0.15, -0.1) is 0 Å². The van der Waals surface area contributed by atoms with Crippen LogP contribution in [0.15, 0.2) is 54.7 Å². The van der Waals surface area contributed by atoms with Gasteiger partial charge in [-0.05, 0) is 54.9 Å². The molecule has 2 heteroatoms. The number of fused-ring (bicyclic) bond motifs is 1. The van der Waals surface area contributed by atoms with E-state index in [0.29, 0.717) is 5.92 Å². The van der Waals surface area contributed by atoms with E-state index in [1.807, 2.05) is 13.8 Å². The zero-order valence-electron chi connectivity index (χ0n) is 16.4. The molecule has 0 radical (unpaired) electrons. The Bertz CT molecular complexity index is 844. The average molecular weight is 350 g/mol. The summed E-state index contributed by atoms with van der Waals surface area (Å²) in [6.07, 6.45) is 5.06. The van der Waals surface area contributed by atoms with Crippen molar-refractivity contribution in [2.45, 2.75) is 58.5 Å². The zero-order valence-corrected chi connectivity index (χ0v) is 16.4. The molecule has 0 aliphatic rings. The van der Waals surface area contributed by atoms with Crippen molar-refractivity contribution in [3.8, 4) is 0 Å². The maximum Gasteiger partial charge on any atom is 0.0682 e. The number of aromatic nitrogens is 1. The van der Waals surface area contributed by atoms with Crippen LogP contribution >= 0.6 is 0 Å². The number of aliphatic hydroxyl groups is 1. The van der Waals surface area contributed by atoms with Crippen molar-refractivity contribution < 1.29 is 5.11 Å². The highest BCUT2D eigenvalue weighted by atomic mass is 16.3. The second-order valence-electron chi connectivity index (χ2n) is 8.05. The molecule has 1 aromatic heterocycles. The number of aromatic amines is 1. The van der Waals surface area contributed by atoms with Crippen molar-refractivity contribution in [3.63, 3.8) is 0 Å². The molecule has 2 aromatic carbocycles. The minimum atomic E-state index is -0.649. The summed E-state index contributed by atoms with van der Waals surface area (Å²) in [5, 5.41) is 11.8. The molecule has 0 saturated carbocycles. The fraction of sp³-hybridized carbons (Fsp3) is 0.417. The summed E-state index contributed by atoms with van der Waals surface area (Å²) in [5.74, 6) is 0.724. The third kappa shape index (κ3) is 4.02. The second-order valence-corrected chi connectivity index (χ2v) is 8.05. The Labute approximate surface area is 157 Å². The number of benzene rings is 2. The topological polar surface area (TPSA) is 36.0 Å². The van der Waals surface area contributed by atoms with E-state index in [2.05, 4.69) is 73.6 Å². The van der Waals surface area contributed by atoms with E-state index < -0.39 is 5.60 Å². The molecule has 0 aliphatic carbocycles. The van der Waals surface area contributed by atoms with Crippen LogP contribution in [-0.2, 0) is 12.8 Å². The fourth-order valence-electron chi connectivity index (χ4n) is 3.76. The van der Waals surface area contributed by atoms with Gasteiger partial charge >= 0.3 is 0 Å². The summed E-state index contributed by atoms with van der Waals surface area (Å²) >= 11 is 0. The van der Waals surface area contributed by atoms with E-state index in [0.717, 1.165) is 19.3 Å². The number of H-pyrrole nitrogens is 1. The van der Waals surface area contributed by atoms with Gasteiger partial charge < -0.3 is 10.1 Å². The molecule has 0 spiro atoms. The standard InChI is InChI=1S/C24H31NO/c1-5-24(4,26)18(3)20-12-10-19(11-13-20)14-17(2)15-21-16-25-23-9-7-6-8-22(21)23/h6-13,16-18,25-26H,5,14-15H2,1-4H3. The Balaban J connectivity index is 1.65. The third-order valence-corrected chi connectivity index (χ3v) is 5.96. The van der Waals surface area contributed by atoms with Crippen LogP contribution in [0.25, 0.3) is 10.9 Å². The molecule has 2 nitrogen and oxygen atoms in total. The van der Waals surface area contributed by atoms with Crippen LogP contribution < -0.4 is 0 Å². The zero-order chi connectivity index (χ0) is 18.7. The van der Waals surface area contributed by atoms with Crippen LogP contribution in [0.4, 0.5) is 0 Å². The Kier molecular flexibility index (Phi) is 5.52. The van der Waals surface area contributed by atoms with Gasteiger partial charge in [0.25, 0.3) is 0 Å². The Morgan fingerprint density at radius 2 is 1.69 bits per heavy atom. The maximum atomic E-state index is 10.5. The SMILES string of the molecule is CCC(C)(O)C(C)c1ccc(CC(C)Cc2c[nH]c3ccccc23)cc1. The highest BCUT2D eigenvalue weighted by molar-refractivity contribution is 5.83. The van der Waals surface area contributed by atoms with E-state index in [9.17, 15) is 5.11 Å². The van der Waals surface area contributed by atoms with Gasteiger partial charge in [0.05, 0.1) is 5.60 Å². The Morgan fingerprint density at radius 1 is 1.00 bits per heavy atom. The monoisotopic (exact) mass is 349 g/mol. The first-order valence-electron chi connectivity index (χ1n) is 9.77. The van der Waals surface area contributed by atoms with Crippen molar-refractivity contribution in [2.75, 3.05) is 0 Å². The molecule has 0 fully saturated rings. The normalized spacial score (nSPS) is 16.3. The molecule has 0 bridgehead atoms. The van der Waals surface area contributed by atoms with E-state index in [1.54, 1.807) is 0 Å². The first-order valence-corrected chi connectivity index (χ1v) is 9.77. The van der Waals surface area contributed by atoms with E-state index in [4.69, 9.17) is 0 Å². The van der Waals surface area contributed by atoms with Gasteiger partial charge in [-0.25, -0.2) is 0 Å². The van der Waals surface area contributed by atoms with Crippen molar-refractivity contribution in [2.24, 2.45) is 5.92 Å². The summed E-state index contributed by atoms with van der Waals surface area (Å²) in [6.45, 7) is 8.39. The highest BCUT2D eigenvalue weighted by Gasteiger charge is 2.27. The largest absolute Gasteiger partial charge is 0.390 e. The number of nitrogens with one attached hydrogen (secondary N) is 1. The van der Waals surface area contributed by atoms with Gasteiger partial charge in [-0.3, -0.25) is 0 Å². The van der Waals surface area contributed by atoms with E-state index >= 15 is 0 Å². The van der Waals surface area contributed by atoms with Gasteiger partial charge in [0.2, 0.25) is 0 Å². The second kappa shape index (κ2) is 7.67. The van der Waals surface area contributed by atoms with E-state index in [-0.39, 0.29) is 5.92 Å². The lowest BCUT2D eigenvalue weighted by Crippen LogP contribution is -2.30. The molecule has 0 aliphatic heterocycles. The molecule has 3 unspecified atom stereocenters. The summed E-state index contributed by atoms with van der Waals surface area (Å²) in [5.41, 5.74) is 4.55. The van der Waals surface area contributed by atoms with E-state index in [1.165, 1.54) is 27.6 Å². The van der Waals surface area contributed by atoms with Crippen LogP contribution in [-0.4, -0.2) is 15.7 Å². The first kappa shape index (κ1) is 18.7. The molecule has 0 saturated heterocycles. The van der Waals surface area contributed by atoms with Crippen LogP contribution in [0.2, 0.25) is 0 Å². The molecular weight excluding hydrogens is 318 g/mol. The smallest absolute Gasteiger partial charge is 0.0682 e. The quantitative estimate of drug-likeness (QED) is 0.551. The van der Waals surface area contributed by atoms with Crippen LogP contribution in [0.5, 0.6) is 0 Å². The lowest BCUT2D eigenvalue weighted by Gasteiger charge is -2.29. The molecule has 3 rings (SSSR count).